The van der Waals surface area contributed by atoms with Crippen molar-refractivity contribution in [2.45, 2.75) is 38.2 Å². The fraction of sp³-hybridized carbons (Fsp3) is 1.00. The normalized spacial score (nSPS) is 34.8. The van der Waals surface area contributed by atoms with Gasteiger partial charge in [0.2, 0.25) is 0 Å². The van der Waals surface area contributed by atoms with E-state index in [1.807, 2.05) is 0 Å². The molecular weight excluding hydrogens is 169 g/mol. The van der Waals surface area contributed by atoms with Crippen LogP contribution in [0.1, 0.15) is 32.6 Å². The molecule has 1 aliphatic rings. The number of hydrogen-bond donors (Lipinski definition) is 1. The van der Waals surface area contributed by atoms with Gasteiger partial charge in [0, 0.05) is 6.54 Å². The summed E-state index contributed by atoms with van der Waals surface area (Å²) in [6.07, 6.45) is 4.39. The lowest BCUT2D eigenvalue weighted by Gasteiger charge is -2.38. The van der Waals surface area contributed by atoms with E-state index in [-0.39, 0.29) is 12.2 Å². The van der Waals surface area contributed by atoms with Crippen LogP contribution in [0.3, 0.4) is 0 Å². The van der Waals surface area contributed by atoms with Crippen molar-refractivity contribution in [2.75, 3.05) is 19.8 Å². The van der Waals surface area contributed by atoms with E-state index >= 15 is 0 Å². The molecule has 1 fully saturated rings. The van der Waals surface area contributed by atoms with Crippen LogP contribution in [0.2, 0.25) is 0 Å². The molecule has 0 aromatic carbocycles. The minimum atomic E-state index is -0.407. The summed E-state index contributed by atoms with van der Waals surface area (Å²) in [6, 6.07) is 0. The highest BCUT2D eigenvalue weighted by Gasteiger charge is 2.34. The lowest BCUT2D eigenvalue weighted by molar-refractivity contribution is -0.0776. The number of alkyl halides is 1. The van der Waals surface area contributed by atoms with Gasteiger partial charge in [-0.25, -0.2) is 4.39 Å². The topological polar surface area (TPSA) is 35.2 Å². The Bertz CT molecular complexity index is 154. The van der Waals surface area contributed by atoms with Crippen LogP contribution in [0, 0.1) is 5.92 Å². The molecule has 0 aromatic rings. The molecule has 0 bridgehead atoms. The first-order chi connectivity index (χ1) is 6.22. The molecule has 1 aliphatic carbocycles. The van der Waals surface area contributed by atoms with Gasteiger partial charge in [-0.3, -0.25) is 0 Å². The van der Waals surface area contributed by atoms with E-state index in [2.05, 4.69) is 6.92 Å². The van der Waals surface area contributed by atoms with Gasteiger partial charge in [0.25, 0.3) is 0 Å². The molecule has 2 unspecified atom stereocenters. The number of nitrogens with two attached hydrogens (primary N) is 1. The summed E-state index contributed by atoms with van der Waals surface area (Å²) in [7, 11) is 0. The zero-order chi connectivity index (χ0) is 9.73. The van der Waals surface area contributed by atoms with Crippen molar-refractivity contribution >= 4 is 0 Å². The highest BCUT2D eigenvalue weighted by Crippen LogP contribution is 2.34. The summed E-state index contributed by atoms with van der Waals surface area (Å²) in [5.41, 5.74) is 5.48. The highest BCUT2D eigenvalue weighted by atomic mass is 19.1. The van der Waals surface area contributed by atoms with E-state index in [0.29, 0.717) is 12.5 Å². The first kappa shape index (κ1) is 10.9. The van der Waals surface area contributed by atoms with Crippen LogP contribution < -0.4 is 5.73 Å². The molecule has 2 nitrogen and oxygen atoms in total. The van der Waals surface area contributed by atoms with Gasteiger partial charge in [0.15, 0.2) is 0 Å². The molecule has 1 rings (SSSR count). The van der Waals surface area contributed by atoms with Crippen molar-refractivity contribution in [3.63, 3.8) is 0 Å². The molecule has 13 heavy (non-hydrogen) atoms. The summed E-state index contributed by atoms with van der Waals surface area (Å²) < 4.78 is 17.5. The van der Waals surface area contributed by atoms with E-state index in [0.717, 1.165) is 19.3 Å². The van der Waals surface area contributed by atoms with E-state index in [9.17, 15) is 4.39 Å². The molecule has 0 amide bonds. The molecule has 0 aromatic heterocycles. The molecule has 1 saturated carbocycles. The van der Waals surface area contributed by atoms with Gasteiger partial charge in [-0.1, -0.05) is 19.8 Å². The molecular formula is C10H20FNO. The predicted octanol–water partition coefficient (Wildman–Crippen LogP) is 1.88. The number of ether oxygens (including phenoxy) is 1. The molecule has 78 valence electrons. The molecule has 0 saturated heterocycles. The molecule has 0 heterocycles. The zero-order valence-electron chi connectivity index (χ0n) is 8.39. The standard InChI is InChI=1S/C10H20FNO/c1-9-3-2-4-10(7-9,8-12)13-6-5-11/h9H,2-8,12H2,1H3. The Balaban J connectivity index is 2.46. The van der Waals surface area contributed by atoms with Crippen molar-refractivity contribution in [2.24, 2.45) is 11.7 Å². The van der Waals surface area contributed by atoms with Crippen LogP contribution in [0.4, 0.5) is 4.39 Å². The Morgan fingerprint density at radius 3 is 2.92 bits per heavy atom. The predicted molar refractivity (Wildman–Crippen MR) is 51.3 cm³/mol. The van der Waals surface area contributed by atoms with E-state index in [4.69, 9.17) is 10.5 Å². The Morgan fingerprint density at radius 1 is 1.62 bits per heavy atom. The average molecular weight is 189 g/mol. The third kappa shape index (κ3) is 2.92. The molecule has 3 heteroatoms. The summed E-state index contributed by atoms with van der Waals surface area (Å²) >= 11 is 0. The van der Waals surface area contributed by atoms with E-state index in [1.165, 1.54) is 6.42 Å². The van der Waals surface area contributed by atoms with Crippen molar-refractivity contribution in [3.05, 3.63) is 0 Å². The third-order valence-corrected chi connectivity index (χ3v) is 2.91. The Kier molecular flexibility index (Phi) is 4.13. The quantitative estimate of drug-likeness (QED) is 0.733. The van der Waals surface area contributed by atoms with Gasteiger partial charge < -0.3 is 10.5 Å². The largest absolute Gasteiger partial charge is 0.371 e. The Hall–Kier alpha value is -0.150. The van der Waals surface area contributed by atoms with Crippen LogP contribution in [0.25, 0.3) is 0 Å². The van der Waals surface area contributed by atoms with Gasteiger partial charge in [0.1, 0.15) is 6.67 Å². The zero-order valence-corrected chi connectivity index (χ0v) is 8.39. The minimum Gasteiger partial charge on any atom is -0.371 e. The average Bonchev–Trinajstić information content (AvgIpc) is 2.15. The molecule has 0 spiro atoms. The number of rotatable bonds is 4. The maximum atomic E-state index is 12.0. The van der Waals surface area contributed by atoms with E-state index in [1.54, 1.807) is 0 Å². The first-order valence-corrected chi connectivity index (χ1v) is 5.12. The Morgan fingerprint density at radius 2 is 2.38 bits per heavy atom. The van der Waals surface area contributed by atoms with Gasteiger partial charge in [-0.2, -0.15) is 0 Å². The van der Waals surface area contributed by atoms with Crippen molar-refractivity contribution < 1.29 is 9.13 Å². The Labute approximate surface area is 79.6 Å². The molecule has 0 aliphatic heterocycles. The number of hydrogen-bond acceptors (Lipinski definition) is 2. The van der Waals surface area contributed by atoms with Gasteiger partial charge in [0.05, 0.1) is 12.2 Å². The van der Waals surface area contributed by atoms with Crippen LogP contribution >= 0.6 is 0 Å². The molecule has 2 N–H and O–H groups in total. The van der Waals surface area contributed by atoms with Gasteiger partial charge >= 0.3 is 0 Å². The van der Waals surface area contributed by atoms with Crippen LogP contribution in [-0.4, -0.2) is 25.4 Å². The smallest absolute Gasteiger partial charge is 0.113 e. The minimum absolute atomic E-state index is 0.198. The summed E-state index contributed by atoms with van der Waals surface area (Å²) in [5.74, 6) is 0.664. The summed E-state index contributed by atoms with van der Waals surface area (Å²) in [5, 5.41) is 0. The first-order valence-electron chi connectivity index (χ1n) is 5.12. The van der Waals surface area contributed by atoms with Crippen LogP contribution in [-0.2, 0) is 4.74 Å². The van der Waals surface area contributed by atoms with Crippen molar-refractivity contribution in [1.29, 1.82) is 0 Å². The highest BCUT2D eigenvalue weighted by molar-refractivity contribution is 4.87. The lowest BCUT2D eigenvalue weighted by atomic mass is 9.79. The lowest BCUT2D eigenvalue weighted by Crippen LogP contribution is -2.44. The maximum absolute atomic E-state index is 12.0. The second kappa shape index (κ2) is 4.91. The molecule has 0 radical (unpaired) electrons. The summed E-state index contributed by atoms with van der Waals surface area (Å²) in [4.78, 5) is 0. The second-order valence-electron chi connectivity index (χ2n) is 4.13. The summed E-state index contributed by atoms with van der Waals surface area (Å²) in [6.45, 7) is 2.53. The van der Waals surface area contributed by atoms with Crippen LogP contribution in [0.5, 0.6) is 0 Å². The SMILES string of the molecule is CC1CCCC(CN)(OCCF)C1. The fourth-order valence-electron chi connectivity index (χ4n) is 2.24. The van der Waals surface area contributed by atoms with E-state index < -0.39 is 6.67 Å². The molecule has 2 atom stereocenters. The van der Waals surface area contributed by atoms with Crippen LogP contribution in [0.15, 0.2) is 0 Å². The fourth-order valence-corrected chi connectivity index (χ4v) is 2.24. The second-order valence-corrected chi connectivity index (χ2v) is 4.13. The van der Waals surface area contributed by atoms with Gasteiger partial charge in [-0.05, 0) is 18.8 Å². The van der Waals surface area contributed by atoms with Gasteiger partial charge in [-0.15, -0.1) is 0 Å². The maximum Gasteiger partial charge on any atom is 0.113 e. The monoisotopic (exact) mass is 189 g/mol. The number of halogens is 1. The third-order valence-electron chi connectivity index (χ3n) is 2.91. The van der Waals surface area contributed by atoms with Crippen molar-refractivity contribution in [1.82, 2.24) is 0 Å². The van der Waals surface area contributed by atoms with Crippen molar-refractivity contribution in [3.8, 4) is 0 Å².